The lowest BCUT2D eigenvalue weighted by Gasteiger charge is -2.24. The summed E-state index contributed by atoms with van der Waals surface area (Å²) < 4.78 is 0. The normalized spacial score (nSPS) is 11.7. The molecular weight excluding hydrogens is 324 g/mol. The van der Waals surface area contributed by atoms with Gasteiger partial charge in [-0.3, -0.25) is 4.79 Å². The van der Waals surface area contributed by atoms with Gasteiger partial charge in [0.2, 0.25) is 0 Å². The minimum Gasteiger partial charge on any atom is -0.358 e. The van der Waals surface area contributed by atoms with Gasteiger partial charge in [0.1, 0.15) is 0 Å². The second-order valence-electron chi connectivity index (χ2n) is 7.74. The Kier molecular flexibility index (Phi) is 7.23. The Bertz CT molecular complexity index is 719. The molecule has 0 saturated carbocycles. The van der Waals surface area contributed by atoms with Crippen molar-refractivity contribution in [3.63, 3.8) is 0 Å². The standard InChI is InChI=1S/C21H34N4O/c1-16-17(2)22-20-10-9-18(15-19(16)20)21(26)25(13-7-11-23(3)4)14-8-12-24(5)6/h9-10,15,22H,7-8,11-14H2,1-6H3. The monoisotopic (exact) mass is 358 g/mol. The molecular formula is C21H34N4O. The molecule has 0 bridgehead atoms. The topological polar surface area (TPSA) is 42.6 Å². The smallest absolute Gasteiger partial charge is 0.253 e. The zero-order chi connectivity index (χ0) is 19.3. The number of amides is 1. The van der Waals surface area contributed by atoms with Crippen LogP contribution >= 0.6 is 0 Å². The number of rotatable bonds is 9. The number of carbonyl (C=O) groups is 1. The largest absolute Gasteiger partial charge is 0.358 e. The first-order valence-corrected chi connectivity index (χ1v) is 9.47. The molecule has 144 valence electrons. The molecule has 2 rings (SSSR count). The quantitative estimate of drug-likeness (QED) is 0.749. The van der Waals surface area contributed by atoms with Crippen molar-refractivity contribution in [1.82, 2.24) is 19.7 Å². The van der Waals surface area contributed by atoms with Crippen LogP contribution in [0.3, 0.4) is 0 Å². The van der Waals surface area contributed by atoms with Crippen LogP contribution < -0.4 is 0 Å². The zero-order valence-electron chi connectivity index (χ0n) is 17.2. The van der Waals surface area contributed by atoms with Gasteiger partial charge < -0.3 is 19.7 Å². The fourth-order valence-electron chi connectivity index (χ4n) is 3.25. The number of aryl methyl sites for hydroxylation is 2. The van der Waals surface area contributed by atoms with E-state index in [1.807, 2.05) is 23.1 Å². The highest BCUT2D eigenvalue weighted by Crippen LogP contribution is 2.23. The lowest BCUT2D eigenvalue weighted by Crippen LogP contribution is -2.35. The number of aromatic nitrogens is 1. The van der Waals surface area contributed by atoms with Gasteiger partial charge in [0.25, 0.3) is 5.91 Å². The molecule has 0 aliphatic heterocycles. The summed E-state index contributed by atoms with van der Waals surface area (Å²) in [6.07, 6.45) is 1.98. The van der Waals surface area contributed by atoms with Gasteiger partial charge in [0, 0.05) is 35.2 Å². The molecule has 0 radical (unpaired) electrons. The number of nitrogens with zero attached hydrogens (tertiary/aromatic N) is 3. The number of hydrogen-bond donors (Lipinski definition) is 1. The minimum atomic E-state index is 0.141. The number of benzene rings is 1. The first-order chi connectivity index (χ1) is 12.3. The number of hydrogen-bond acceptors (Lipinski definition) is 3. The van der Waals surface area contributed by atoms with E-state index in [1.54, 1.807) is 0 Å². The maximum atomic E-state index is 13.1. The maximum absolute atomic E-state index is 13.1. The molecule has 1 N–H and O–H groups in total. The van der Waals surface area contributed by atoms with Gasteiger partial charge in [-0.1, -0.05) is 0 Å². The predicted octanol–water partition coefficient (Wildman–Crippen LogP) is 3.13. The van der Waals surface area contributed by atoms with Gasteiger partial charge in [-0.2, -0.15) is 0 Å². The summed E-state index contributed by atoms with van der Waals surface area (Å²) in [5.41, 5.74) is 4.28. The van der Waals surface area contributed by atoms with Gasteiger partial charge in [0.05, 0.1) is 0 Å². The second kappa shape index (κ2) is 9.19. The van der Waals surface area contributed by atoms with E-state index in [0.29, 0.717) is 0 Å². The van der Waals surface area contributed by atoms with E-state index in [-0.39, 0.29) is 5.91 Å². The van der Waals surface area contributed by atoms with Crippen molar-refractivity contribution in [2.45, 2.75) is 26.7 Å². The van der Waals surface area contributed by atoms with Crippen molar-refractivity contribution in [2.75, 3.05) is 54.4 Å². The molecule has 2 aromatic rings. The third kappa shape index (κ3) is 5.32. The van der Waals surface area contributed by atoms with Crippen molar-refractivity contribution in [1.29, 1.82) is 0 Å². The van der Waals surface area contributed by atoms with E-state index in [2.05, 4.69) is 56.8 Å². The number of fused-ring (bicyclic) bond motifs is 1. The molecule has 5 nitrogen and oxygen atoms in total. The molecule has 0 saturated heterocycles. The summed E-state index contributed by atoms with van der Waals surface area (Å²) in [4.78, 5) is 22.9. The number of nitrogens with one attached hydrogen (secondary N) is 1. The molecule has 0 aliphatic rings. The summed E-state index contributed by atoms with van der Waals surface area (Å²) in [6, 6.07) is 6.02. The van der Waals surface area contributed by atoms with Crippen LogP contribution in [0.5, 0.6) is 0 Å². The molecule has 0 unspecified atom stereocenters. The van der Waals surface area contributed by atoms with Crippen LogP contribution in [0.2, 0.25) is 0 Å². The van der Waals surface area contributed by atoms with Crippen molar-refractivity contribution >= 4 is 16.8 Å². The average molecular weight is 359 g/mol. The van der Waals surface area contributed by atoms with Gasteiger partial charge in [-0.25, -0.2) is 0 Å². The maximum Gasteiger partial charge on any atom is 0.253 e. The highest BCUT2D eigenvalue weighted by Gasteiger charge is 2.17. The lowest BCUT2D eigenvalue weighted by molar-refractivity contribution is 0.0745. The van der Waals surface area contributed by atoms with Gasteiger partial charge in [-0.05, 0) is 91.7 Å². The highest BCUT2D eigenvalue weighted by molar-refractivity contribution is 5.99. The summed E-state index contributed by atoms with van der Waals surface area (Å²) in [6.45, 7) is 7.76. The Morgan fingerprint density at radius 3 is 2.04 bits per heavy atom. The first kappa shape index (κ1) is 20.5. The number of H-pyrrole nitrogens is 1. The molecule has 1 amide bonds. The summed E-state index contributed by atoms with van der Waals surface area (Å²) >= 11 is 0. The first-order valence-electron chi connectivity index (χ1n) is 9.47. The Labute approximate surface area is 158 Å². The number of carbonyl (C=O) groups excluding carboxylic acids is 1. The van der Waals surface area contributed by atoms with Crippen LogP contribution in [0.1, 0.15) is 34.5 Å². The summed E-state index contributed by atoms with van der Waals surface area (Å²) in [5.74, 6) is 0.141. The van der Waals surface area contributed by atoms with Crippen LogP contribution in [0.25, 0.3) is 10.9 Å². The summed E-state index contributed by atoms with van der Waals surface area (Å²) in [7, 11) is 8.29. The van der Waals surface area contributed by atoms with Crippen LogP contribution in [-0.4, -0.2) is 80.0 Å². The van der Waals surface area contributed by atoms with E-state index in [4.69, 9.17) is 0 Å². The molecule has 1 aromatic heterocycles. The van der Waals surface area contributed by atoms with E-state index in [9.17, 15) is 4.79 Å². The zero-order valence-corrected chi connectivity index (χ0v) is 17.2. The third-order valence-electron chi connectivity index (χ3n) is 4.91. The SMILES string of the molecule is Cc1[nH]c2ccc(C(=O)N(CCCN(C)C)CCCN(C)C)cc2c1C. The molecule has 0 spiro atoms. The fraction of sp³-hybridized carbons (Fsp3) is 0.571. The Morgan fingerprint density at radius 2 is 1.50 bits per heavy atom. The molecule has 0 fully saturated rings. The molecule has 1 aromatic carbocycles. The van der Waals surface area contributed by atoms with Crippen LogP contribution in [0.4, 0.5) is 0 Å². The minimum absolute atomic E-state index is 0.141. The van der Waals surface area contributed by atoms with Gasteiger partial charge in [-0.15, -0.1) is 0 Å². The van der Waals surface area contributed by atoms with Crippen molar-refractivity contribution in [3.8, 4) is 0 Å². The Hall–Kier alpha value is -1.85. The van der Waals surface area contributed by atoms with Crippen LogP contribution in [0, 0.1) is 13.8 Å². The van der Waals surface area contributed by atoms with Crippen LogP contribution in [-0.2, 0) is 0 Å². The predicted molar refractivity (Wildman–Crippen MR) is 110 cm³/mol. The van der Waals surface area contributed by atoms with Crippen molar-refractivity contribution in [3.05, 3.63) is 35.0 Å². The Morgan fingerprint density at radius 1 is 0.923 bits per heavy atom. The van der Waals surface area contributed by atoms with E-state index < -0.39 is 0 Å². The molecule has 26 heavy (non-hydrogen) atoms. The van der Waals surface area contributed by atoms with Gasteiger partial charge in [0.15, 0.2) is 0 Å². The number of aromatic amines is 1. The van der Waals surface area contributed by atoms with E-state index >= 15 is 0 Å². The average Bonchev–Trinajstić information content (AvgIpc) is 2.86. The third-order valence-corrected chi connectivity index (χ3v) is 4.91. The fourth-order valence-corrected chi connectivity index (χ4v) is 3.25. The lowest BCUT2D eigenvalue weighted by atomic mass is 10.1. The molecule has 5 heteroatoms. The van der Waals surface area contributed by atoms with Crippen LogP contribution in [0.15, 0.2) is 18.2 Å². The highest BCUT2D eigenvalue weighted by atomic mass is 16.2. The van der Waals surface area contributed by atoms with Gasteiger partial charge >= 0.3 is 0 Å². The molecule has 1 heterocycles. The molecule has 0 atom stereocenters. The Balaban J connectivity index is 2.16. The second-order valence-corrected chi connectivity index (χ2v) is 7.74. The van der Waals surface area contributed by atoms with Crippen molar-refractivity contribution in [2.24, 2.45) is 0 Å². The molecule has 0 aliphatic carbocycles. The van der Waals surface area contributed by atoms with Crippen molar-refractivity contribution < 1.29 is 4.79 Å². The van der Waals surface area contributed by atoms with E-state index in [1.165, 1.54) is 11.3 Å². The van der Waals surface area contributed by atoms with E-state index in [0.717, 1.165) is 55.5 Å². The summed E-state index contributed by atoms with van der Waals surface area (Å²) in [5, 5.41) is 1.15.